The predicted octanol–water partition coefficient (Wildman–Crippen LogP) is 0.954. The number of fused-ring (bicyclic) bond motifs is 1. The van der Waals surface area contributed by atoms with E-state index in [2.05, 4.69) is 19.6 Å². The molecule has 2 fully saturated rings. The van der Waals surface area contributed by atoms with Gasteiger partial charge in [0, 0.05) is 40.1 Å². The van der Waals surface area contributed by atoms with E-state index in [0.717, 1.165) is 17.1 Å². The number of methoxy groups -OCH3 is 1. The third-order valence-electron chi connectivity index (χ3n) is 6.14. The Morgan fingerprint density at radius 1 is 1.31 bits per heavy atom. The average molecular weight is 445 g/mol. The van der Waals surface area contributed by atoms with Crippen molar-refractivity contribution in [3.63, 3.8) is 0 Å². The summed E-state index contributed by atoms with van der Waals surface area (Å²) < 4.78 is 33.2. The molecule has 3 rings (SSSR count). The molecule has 0 radical (unpaired) electrons. The minimum absolute atomic E-state index is 0.0425. The highest BCUT2D eigenvalue weighted by Gasteiger charge is 2.62. The molecule has 0 spiro atoms. The van der Waals surface area contributed by atoms with Crippen molar-refractivity contribution in [2.75, 3.05) is 26.0 Å². The SMILES string of the molecule is COC1=CC(=O)C[C@H]2N(S(=O)(=O)CC[Si](C)(C)C)[C@H](C(=O)N3CCCC3)C[C@@]12O. The van der Waals surface area contributed by atoms with E-state index in [0.29, 0.717) is 19.1 Å². The van der Waals surface area contributed by atoms with Crippen LogP contribution in [0.25, 0.3) is 0 Å². The Hall–Kier alpha value is -1.23. The number of carbonyl (C=O) groups is 2. The van der Waals surface area contributed by atoms with Crippen molar-refractivity contribution in [1.82, 2.24) is 9.21 Å². The predicted molar refractivity (Wildman–Crippen MR) is 111 cm³/mol. The number of carbonyl (C=O) groups excluding carboxylic acids is 2. The summed E-state index contributed by atoms with van der Waals surface area (Å²) in [6, 6.07) is -1.49. The van der Waals surface area contributed by atoms with Crippen molar-refractivity contribution >= 4 is 29.8 Å². The van der Waals surface area contributed by atoms with Crippen LogP contribution >= 0.6 is 0 Å². The van der Waals surface area contributed by atoms with E-state index >= 15 is 0 Å². The van der Waals surface area contributed by atoms with Crippen LogP contribution in [0.5, 0.6) is 0 Å². The molecule has 1 aliphatic carbocycles. The molecule has 3 atom stereocenters. The maximum atomic E-state index is 13.4. The van der Waals surface area contributed by atoms with Gasteiger partial charge in [0.1, 0.15) is 17.4 Å². The van der Waals surface area contributed by atoms with Crippen molar-refractivity contribution in [2.45, 2.75) is 69.1 Å². The second-order valence-corrected chi connectivity index (χ2v) is 17.1. The Morgan fingerprint density at radius 2 is 1.93 bits per heavy atom. The third-order valence-corrected chi connectivity index (χ3v) is 10.1. The molecule has 0 aromatic heterocycles. The number of allylic oxidation sites excluding steroid dienone is 1. The van der Waals surface area contributed by atoms with Gasteiger partial charge in [-0.05, 0) is 18.9 Å². The number of sulfonamides is 1. The first-order chi connectivity index (χ1) is 13.4. The summed E-state index contributed by atoms with van der Waals surface area (Å²) in [4.78, 5) is 27.2. The van der Waals surface area contributed by atoms with Gasteiger partial charge in [0.25, 0.3) is 0 Å². The van der Waals surface area contributed by atoms with Crippen LogP contribution in [0.2, 0.25) is 25.7 Å². The lowest BCUT2D eigenvalue weighted by Gasteiger charge is -2.37. The standard InChI is InChI=1S/C19H32N2O6SSi/c1-27-17-12-14(22)11-16-19(17,24)13-15(18(23)20-7-5-6-8-20)21(16)28(25,26)9-10-29(2,3)4/h12,15-16,24H,5-11,13H2,1-4H3/t15-,16+,19-/m0/s1. The maximum Gasteiger partial charge on any atom is 0.241 e. The number of hydrogen-bond acceptors (Lipinski definition) is 6. The topological polar surface area (TPSA) is 104 Å². The smallest absolute Gasteiger partial charge is 0.241 e. The Bertz CT molecular complexity index is 815. The molecule has 0 bridgehead atoms. The van der Waals surface area contributed by atoms with Gasteiger partial charge >= 0.3 is 0 Å². The number of ether oxygens (including phenoxy) is 1. The molecule has 2 heterocycles. The maximum absolute atomic E-state index is 13.4. The van der Waals surface area contributed by atoms with Gasteiger partial charge in [-0.25, -0.2) is 8.42 Å². The van der Waals surface area contributed by atoms with Crippen LogP contribution in [0.1, 0.15) is 25.7 Å². The van der Waals surface area contributed by atoms with Gasteiger partial charge < -0.3 is 14.7 Å². The molecule has 2 saturated heterocycles. The van der Waals surface area contributed by atoms with Gasteiger partial charge in [-0.15, -0.1) is 0 Å². The van der Waals surface area contributed by atoms with E-state index in [4.69, 9.17) is 4.74 Å². The first-order valence-electron chi connectivity index (χ1n) is 10.2. The second kappa shape index (κ2) is 7.79. The van der Waals surface area contributed by atoms with Crippen molar-refractivity contribution in [1.29, 1.82) is 0 Å². The van der Waals surface area contributed by atoms with Gasteiger partial charge in [-0.3, -0.25) is 9.59 Å². The van der Waals surface area contributed by atoms with Crippen LogP contribution in [0.15, 0.2) is 11.8 Å². The lowest BCUT2D eigenvalue weighted by atomic mass is 9.83. The van der Waals surface area contributed by atoms with Crippen LogP contribution in [0.4, 0.5) is 0 Å². The molecule has 0 aromatic rings. The van der Waals surface area contributed by atoms with Gasteiger partial charge in [0.15, 0.2) is 5.78 Å². The van der Waals surface area contributed by atoms with Crippen LogP contribution in [-0.4, -0.2) is 86.1 Å². The quantitative estimate of drug-likeness (QED) is 0.612. The first-order valence-corrected chi connectivity index (χ1v) is 15.5. The highest BCUT2D eigenvalue weighted by molar-refractivity contribution is 7.89. The summed E-state index contributed by atoms with van der Waals surface area (Å²) in [5, 5.41) is 11.4. The molecule has 0 unspecified atom stereocenters. The molecule has 3 aliphatic rings. The summed E-state index contributed by atoms with van der Waals surface area (Å²) in [6.07, 6.45) is 2.75. The summed E-state index contributed by atoms with van der Waals surface area (Å²) in [5.41, 5.74) is -1.67. The third kappa shape index (κ3) is 4.30. The Kier molecular flexibility index (Phi) is 6.03. The highest BCUT2D eigenvalue weighted by Crippen LogP contribution is 2.45. The first kappa shape index (κ1) is 22.5. The number of aliphatic hydroxyl groups is 1. The molecular formula is C19H32N2O6SSi. The lowest BCUT2D eigenvalue weighted by molar-refractivity contribution is -0.134. The van der Waals surface area contributed by atoms with Crippen molar-refractivity contribution < 1.29 is 27.9 Å². The van der Waals surface area contributed by atoms with E-state index in [1.165, 1.54) is 13.2 Å². The van der Waals surface area contributed by atoms with Gasteiger partial charge in [-0.2, -0.15) is 4.31 Å². The zero-order valence-electron chi connectivity index (χ0n) is 17.7. The fraction of sp³-hybridized carbons (Fsp3) is 0.789. The molecule has 10 heteroatoms. The van der Waals surface area contributed by atoms with Crippen LogP contribution in [0.3, 0.4) is 0 Å². The van der Waals surface area contributed by atoms with Crippen LogP contribution < -0.4 is 0 Å². The lowest BCUT2D eigenvalue weighted by Crippen LogP contribution is -2.54. The van der Waals surface area contributed by atoms with E-state index < -0.39 is 35.8 Å². The number of nitrogens with zero attached hydrogens (tertiary/aromatic N) is 2. The summed E-state index contributed by atoms with van der Waals surface area (Å²) in [5.74, 6) is -0.638. The molecule has 0 saturated carbocycles. The van der Waals surface area contributed by atoms with Crippen molar-refractivity contribution in [3.8, 4) is 0 Å². The summed E-state index contributed by atoms with van der Waals surface area (Å²) in [7, 11) is -4.16. The Labute approximate surface area is 173 Å². The van der Waals surface area contributed by atoms with Crippen molar-refractivity contribution in [2.24, 2.45) is 0 Å². The molecule has 0 aromatic carbocycles. The largest absolute Gasteiger partial charge is 0.498 e. The van der Waals surface area contributed by atoms with E-state index in [-0.39, 0.29) is 36.0 Å². The normalized spacial score (nSPS) is 31.0. The van der Waals surface area contributed by atoms with Crippen LogP contribution in [-0.2, 0) is 24.3 Å². The van der Waals surface area contributed by atoms with E-state index in [9.17, 15) is 23.1 Å². The van der Waals surface area contributed by atoms with E-state index in [1.54, 1.807) is 4.90 Å². The molecular weight excluding hydrogens is 412 g/mol. The van der Waals surface area contributed by atoms with Gasteiger partial charge in [0.2, 0.25) is 15.9 Å². The number of likely N-dealkylation sites (tertiary alicyclic amines) is 1. The zero-order chi connectivity index (χ0) is 21.6. The minimum Gasteiger partial charge on any atom is -0.498 e. The van der Waals surface area contributed by atoms with Gasteiger partial charge in [0.05, 0.1) is 18.9 Å². The molecule has 164 valence electrons. The van der Waals surface area contributed by atoms with Crippen LogP contribution in [0, 0.1) is 0 Å². The Morgan fingerprint density at radius 3 is 2.48 bits per heavy atom. The fourth-order valence-corrected chi connectivity index (χ4v) is 9.38. The monoisotopic (exact) mass is 444 g/mol. The zero-order valence-corrected chi connectivity index (χ0v) is 19.5. The number of ketones is 1. The second-order valence-electron chi connectivity index (χ2n) is 9.53. The summed E-state index contributed by atoms with van der Waals surface area (Å²) in [6.45, 7) is 7.45. The number of hydrogen-bond donors (Lipinski definition) is 1. The molecule has 1 amide bonds. The molecule has 8 nitrogen and oxygen atoms in total. The van der Waals surface area contributed by atoms with E-state index in [1.807, 2.05) is 0 Å². The Balaban J connectivity index is 2.01. The molecule has 29 heavy (non-hydrogen) atoms. The minimum atomic E-state index is -3.85. The highest BCUT2D eigenvalue weighted by atomic mass is 32.2. The number of rotatable bonds is 6. The van der Waals surface area contributed by atoms with Crippen molar-refractivity contribution in [3.05, 3.63) is 11.8 Å². The fourth-order valence-electron chi connectivity index (χ4n) is 4.50. The van der Waals surface area contributed by atoms with Gasteiger partial charge in [-0.1, -0.05) is 19.6 Å². The summed E-state index contributed by atoms with van der Waals surface area (Å²) >= 11 is 0. The average Bonchev–Trinajstić information content (AvgIpc) is 3.25. The molecule has 2 aliphatic heterocycles. The number of amides is 1. The molecule has 1 N–H and O–H groups in total.